The lowest BCUT2D eigenvalue weighted by Crippen LogP contribution is -2.13. The molecule has 0 radical (unpaired) electrons. The van der Waals surface area contributed by atoms with Crippen LogP contribution in [0.1, 0.15) is 11.1 Å². The second kappa shape index (κ2) is 5.25. The van der Waals surface area contributed by atoms with Crippen molar-refractivity contribution in [3.05, 3.63) is 45.7 Å². The Labute approximate surface area is 125 Å². The number of nitrogens with two attached hydrogens (primary N) is 1. The SMILES string of the molecule is Cc1ccc(CSc2nc3nc(N)[nH]c(=O)c3n2C)cc1. The normalized spacial score (nSPS) is 11.1. The molecular formula is C14H15N5OS. The number of hydrogen-bond donors (Lipinski definition) is 2. The van der Waals surface area contributed by atoms with Gasteiger partial charge in [0.2, 0.25) is 5.95 Å². The minimum absolute atomic E-state index is 0.0840. The fraction of sp³-hybridized carbons (Fsp3) is 0.214. The monoisotopic (exact) mass is 301 g/mol. The summed E-state index contributed by atoms with van der Waals surface area (Å²) >= 11 is 1.56. The van der Waals surface area contributed by atoms with Crippen molar-refractivity contribution >= 4 is 28.9 Å². The van der Waals surface area contributed by atoms with Crippen LogP contribution in [0.4, 0.5) is 5.95 Å². The average Bonchev–Trinajstić information content (AvgIpc) is 2.74. The number of hydrogen-bond acceptors (Lipinski definition) is 5. The van der Waals surface area contributed by atoms with Crippen LogP contribution >= 0.6 is 11.8 Å². The molecule has 0 aliphatic carbocycles. The molecule has 0 aliphatic heterocycles. The lowest BCUT2D eigenvalue weighted by Gasteiger charge is -2.02. The summed E-state index contributed by atoms with van der Waals surface area (Å²) in [4.78, 5) is 22.8. The molecule has 7 heteroatoms. The number of nitrogen functional groups attached to an aromatic ring is 1. The number of nitrogens with zero attached hydrogens (tertiary/aromatic N) is 3. The number of imidazole rings is 1. The lowest BCUT2D eigenvalue weighted by molar-refractivity contribution is 0.811. The Hall–Kier alpha value is -2.28. The molecule has 0 fully saturated rings. The van der Waals surface area contributed by atoms with E-state index in [-0.39, 0.29) is 11.5 Å². The van der Waals surface area contributed by atoms with Crippen molar-refractivity contribution in [2.75, 3.05) is 5.73 Å². The largest absolute Gasteiger partial charge is 0.369 e. The van der Waals surface area contributed by atoms with Crippen LogP contribution in [0, 0.1) is 6.92 Å². The van der Waals surface area contributed by atoms with Gasteiger partial charge in [-0.25, -0.2) is 4.98 Å². The van der Waals surface area contributed by atoms with E-state index >= 15 is 0 Å². The van der Waals surface area contributed by atoms with Gasteiger partial charge in [0.05, 0.1) is 0 Å². The van der Waals surface area contributed by atoms with Crippen LogP contribution in [-0.4, -0.2) is 19.5 Å². The Morgan fingerprint density at radius 3 is 2.71 bits per heavy atom. The maximum atomic E-state index is 11.9. The molecular weight excluding hydrogens is 286 g/mol. The fourth-order valence-electron chi connectivity index (χ4n) is 2.07. The van der Waals surface area contributed by atoms with Gasteiger partial charge >= 0.3 is 0 Å². The van der Waals surface area contributed by atoms with E-state index in [4.69, 9.17) is 5.73 Å². The summed E-state index contributed by atoms with van der Waals surface area (Å²) in [5.74, 6) is 0.867. The number of anilines is 1. The van der Waals surface area contributed by atoms with Gasteiger partial charge in [0.15, 0.2) is 16.3 Å². The number of aromatic nitrogens is 4. The molecule has 3 rings (SSSR count). The van der Waals surface area contributed by atoms with E-state index in [1.807, 2.05) is 0 Å². The van der Waals surface area contributed by atoms with Crippen molar-refractivity contribution < 1.29 is 0 Å². The van der Waals surface area contributed by atoms with Crippen molar-refractivity contribution in [2.45, 2.75) is 17.8 Å². The summed E-state index contributed by atoms with van der Waals surface area (Å²) < 4.78 is 1.75. The molecule has 0 bridgehead atoms. The number of benzene rings is 1. The molecule has 3 N–H and O–H groups in total. The Balaban J connectivity index is 1.91. The number of H-pyrrole nitrogens is 1. The summed E-state index contributed by atoms with van der Waals surface area (Å²) in [6.07, 6.45) is 0. The third-order valence-electron chi connectivity index (χ3n) is 3.21. The second-order valence-corrected chi connectivity index (χ2v) is 5.79. The Bertz CT molecular complexity index is 850. The highest BCUT2D eigenvalue weighted by Gasteiger charge is 2.13. The molecule has 108 valence electrons. The van der Waals surface area contributed by atoms with Gasteiger partial charge in [-0.1, -0.05) is 41.6 Å². The van der Waals surface area contributed by atoms with E-state index < -0.39 is 0 Å². The zero-order valence-electron chi connectivity index (χ0n) is 11.8. The minimum atomic E-state index is -0.269. The first-order chi connectivity index (χ1) is 10.0. The van der Waals surface area contributed by atoms with Gasteiger partial charge in [-0.3, -0.25) is 9.78 Å². The summed E-state index contributed by atoms with van der Waals surface area (Å²) in [6, 6.07) is 8.34. The number of aryl methyl sites for hydroxylation is 2. The number of rotatable bonds is 3. The quantitative estimate of drug-likeness (QED) is 0.720. The molecule has 21 heavy (non-hydrogen) atoms. The van der Waals surface area contributed by atoms with Crippen LogP contribution < -0.4 is 11.3 Å². The predicted octanol–water partition coefficient (Wildman–Crippen LogP) is 1.84. The van der Waals surface area contributed by atoms with E-state index in [9.17, 15) is 4.79 Å². The maximum Gasteiger partial charge on any atom is 0.278 e. The van der Waals surface area contributed by atoms with Gasteiger partial charge in [-0.15, -0.1) is 0 Å². The molecule has 0 amide bonds. The third-order valence-corrected chi connectivity index (χ3v) is 4.31. The van der Waals surface area contributed by atoms with Crippen LogP contribution in [0.5, 0.6) is 0 Å². The van der Waals surface area contributed by atoms with Crippen molar-refractivity contribution in [3.8, 4) is 0 Å². The van der Waals surface area contributed by atoms with Crippen LogP contribution in [0.2, 0.25) is 0 Å². The van der Waals surface area contributed by atoms with Crippen LogP contribution in [-0.2, 0) is 12.8 Å². The van der Waals surface area contributed by atoms with E-state index in [1.165, 1.54) is 11.1 Å². The van der Waals surface area contributed by atoms with Crippen molar-refractivity contribution in [2.24, 2.45) is 7.05 Å². The molecule has 6 nitrogen and oxygen atoms in total. The molecule has 0 spiro atoms. The molecule has 0 saturated carbocycles. The van der Waals surface area contributed by atoms with Gasteiger partial charge in [-0.05, 0) is 12.5 Å². The first-order valence-electron chi connectivity index (χ1n) is 6.45. The van der Waals surface area contributed by atoms with Gasteiger partial charge in [-0.2, -0.15) is 4.98 Å². The number of nitrogens with one attached hydrogen (secondary N) is 1. The molecule has 0 saturated heterocycles. The van der Waals surface area contributed by atoms with Crippen molar-refractivity contribution in [1.82, 2.24) is 19.5 Å². The standard InChI is InChI=1S/C14H15N5OS/c1-8-3-5-9(6-4-8)7-21-14-17-11-10(19(14)2)12(20)18-13(15)16-11/h3-6H,7H2,1-2H3,(H3,15,16,18,20). The topological polar surface area (TPSA) is 89.6 Å². The molecule has 0 aliphatic rings. The number of thioether (sulfide) groups is 1. The summed E-state index contributed by atoms with van der Waals surface area (Å²) in [6.45, 7) is 2.06. The summed E-state index contributed by atoms with van der Waals surface area (Å²) in [5, 5.41) is 0.745. The van der Waals surface area contributed by atoms with Crippen LogP contribution in [0.15, 0.2) is 34.2 Å². The van der Waals surface area contributed by atoms with E-state index in [2.05, 4.69) is 46.1 Å². The highest BCUT2D eigenvalue weighted by molar-refractivity contribution is 7.98. The zero-order valence-corrected chi connectivity index (χ0v) is 12.6. The molecule has 2 heterocycles. The van der Waals surface area contributed by atoms with Gasteiger partial charge in [0.25, 0.3) is 5.56 Å². The summed E-state index contributed by atoms with van der Waals surface area (Å²) in [7, 11) is 1.81. The zero-order chi connectivity index (χ0) is 15.0. The minimum Gasteiger partial charge on any atom is -0.369 e. The molecule has 0 atom stereocenters. The van der Waals surface area contributed by atoms with Crippen molar-refractivity contribution in [1.29, 1.82) is 0 Å². The van der Waals surface area contributed by atoms with Crippen molar-refractivity contribution in [3.63, 3.8) is 0 Å². The number of aromatic amines is 1. The maximum absolute atomic E-state index is 11.9. The highest BCUT2D eigenvalue weighted by Crippen LogP contribution is 2.23. The molecule has 3 aromatic rings. The van der Waals surface area contributed by atoms with E-state index in [1.54, 1.807) is 23.4 Å². The van der Waals surface area contributed by atoms with Gasteiger partial charge in [0, 0.05) is 12.8 Å². The molecule has 0 unspecified atom stereocenters. The van der Waals surface area contributed by atoms with Crippen LogP contribution in [0.25, 0.3) is 11.2 Å². The average molecular weight is 301 g/mol. The third kappa shape index (κ3) is 2.64. The van der Waals surface area contributed by atoms with Gasteiger partial charge < -0.3 is 10.3 Å². The Morgan fingerprint density at radius 1 is 1.29 bits per heavy atom. The Kier molecular flexibility index (Phi) is 3.42. The first-order valence-corrected chi connectivity index (χ1v) is 7.43. The summed E-state index contributed by atoms with van der Waals surface area (Å²) in [5.41, 5.74) is 8.53. The predicted molar refractivity (Wildman–Crippen MR) is 84.3 cm³/mol. The smallest absolute Gasteiger partial charge is 0.278 e. The van der Waals surface area contributed by atoms with Gasteiger partial charge in [0.1, 0.15) is 0 Å². The van der Waals surface area contributed by atoms with Crippen LogP contribution in [0.3, 0.4) is 0 Å². The highest BCUT2D eigenvalue weighted by atomic mass is 32.2. The lowest BCUT2D eigenvalue weighted by atomic mass is 10.2. The molecule has 1 aromatic carbocycles. The fourth-order valence-corrected chi connectivity index (χ4v) is 3.00. The second-order valence-electron chi connectivity index (χ2n) is 4.85. The van der Waals surface area contributed by atoms with E-state index in [0.717, 1.165) is 10.9 Å². The van der Waals surface area contributed by atoms with E-state index in [0.29, 0.717) is 11.2 Å². The molecule has 2 aromatic heterocycles. The first kappa shape index (κ1) is 13.7. The Morgan fingerprint density at radius 2 is 2.00 bits per heavy atom. The number of fused-ring (bicyclic) bond motifs is 1.